The van der Waals surface area contributed by atoms with E-state index in [4.69, 9.17) is 0 Å². The van der Waals surface area contributed by atoms with Gasteiger partial charge in [-0.05, 0) is 42.7 Å². The molecule has 0 aliphatic heterocycles. The molecule has 0 nitrogen and oxygen atoms in total. The molecule has 3 unspecified atom stereocenters. The van der Waals surface area contributed by atoms with Gasteiger partial charge >= 0.3 is 0 Å². The van der Waals surface area contributed by atoms with E-state index in [0.717, 1.165) is 11.8 Å². The second-order valence-corrected chi connectivity index (χ2v) is 6.39. The van der Waals surface area contributed by atoms with E-state index in [0.29, 0.717) is 4.83 Å². The van der Waals surface area contributed by atoms with Gasteiger partial charge in [-0.1, -0.05) is 60.0 Å². The third-order valence-corrected chi connectivity index (χ3v) is 5.07. The molecule has 1 aliphatic rings. The molecular formula is C15H21Br. The molecule has 0 aromatic heterocycles. The van der Waals surface area contributed by atoms with Crippen LogP contribution in [0.2, 0.25) is 0 Å². The van der Waals surface area contributed by atoms with Crippen LogP contribution in [-0.4, -0.2) is 4.83 Å². The minimum atomic E-state index is 0.658. The molecule has 0 amide bonds. The Hall–Kier alpha value is -0.300. The maximum Gasteiger partial charge on any atom is 0.0217 e. The first-order valence-corrected chi connectivity index (χ1v) is 7.28. The summed E-state index contributed by atoms with van der Waals surface area (Å²) >= 11 is 3.92. The first-order valence-electron chi connectivity index (χ1n) is 6.37. The fraction of sp³-hybridized carbons (Fsp3) is 0.600. The molecule has 1 fully saturated rings. The lowest BCUT2D eigenvalue weighted by Gasteiger charge is -2.22. The standard InChI is InChI=1S/C15H21Br/c1-11-6-3-4-8-13(11)10-15(16)14-9-5-7-12(14)2/h3-4,6,8,12,14-15H,5,7,9-10H2,1-2H3. The zero-order chi connectivity index (χ0) is 11.5. The van der Waals surface area contributed by atoms with Crippen LogP contribution < -0.4 is 0 Å². The van der Waals surface area contributed by atoms with Gasteiger partial charge in [0.05, 0.1) is 0 Å². The molecule has 1 aromatic rings. The first kappa shape index (κ1) is 12.2. The van der Waals surface area contributed by atoms with Gasteiger partial charge in [-0.2, -0.15) is 0 Å². The van der Waals surface area contributed by atoms with E-state index in [2.05, 4.69) is 54.0 Å². The molecule has 1 aliphatic carbocycles. The van der Waals surface area contributed by atoms with Crippen molar-refractivity contribution in [3.05, 3.63) is 35.4 Å². The summed E-state index contributed by atoms with van der Waals surface area (Å²) < 4.78 is 0. The van der Waals surface area contributed by atoms with Gasteiger partial charge in [0.2, 0.25) is 0 Å². The number of aryl methyl sites for hydroxylation is 1. The maximum absolute atomic E-state index is 3.92. The lowest BCUT2D eigenvalue weighted by molar-refractivity contribution is 0.407. The lowest BCUT2D eigenvalue weighted by Crippen LogP contribution is -2.19. The number of hydrogen-bond acceptors (Lipinski definition) is 0. The van der Waals surface area contributed by atoms with Gasteiger partial charge in [0.1, 0.15) is 0 Å². The summed E-state index contributed by atoms with van der Waals surface area (Å²) in [6.45, 7) is 4.62. The highest BCUT2D eigenvalue weighted by molar-refractivity contribution is 9.09. The SMILES string of the molecule is Cc1ccccc1CC(Br)C1CCCC1C. The summed E-state index contributed by atoms with van der Waals surface area (Å²) in [6.07, 6.45) is 5.42. The highest BCUT2D eigenvalue weighted by Gasteiger charge is 2.29. The van der Waals surface area contributed by atoms with E-state index < -0.39 is 0 Å². The molecule has 88 valence electrons. The summed E-state index contributed by atoms with van der Waals surface area (Å²) in [7, 11) is 0. The van der Waals surface area contributed by atoms with Crippen LogP contribution in [0.15, 0.2) is 24.3 Å². The molecule has 0 radical (unpaired) electrons. The fourth-order valence-electron chi connectivity index (χ4n) is 2.91. The van der Waals surface area contributed by atoms with Gasteiger partial charge in [-0.3, -0.25) is 0 Å². The zero-order valence-electron chi connectivity index (χ0n) is 10.2. The summed E-state index contributed by atoms with van der Waals surface area (Å²) in [5, 5.41) is 0. The van der Waals surface area contributed by atoms with Gasteiger partial charge < -0.3 is 0 Å². The highest BCUT2D eigenvalue weighted by Crippen LogP contribution is 2.38. The molecular weight excluding hydrogens is 260 g/mol. The van der Waals surface area contributed by atoms with Crippen LogP contribution in [-0.2, 0) is 6.42 Å². The van der Waals surface area contributed by atoms with Gasteiger partial charge in [0, 0.05) is 4.83 Å². The van der Waals surface area contributed by atoms with Crippen molar-refractivity contribution in [1.82, 2.24) is 0 Å². The smallest absolute Gasteiger partial charge is 0.0217 e. The van der Waals surface area contributed by atoms with Crippen molar-refractivity contribution in [2.24, 2.45) is 11.8 Å². The molecule has 16 heavy (non-hydrogen) atoms. The summed E-state index contributed by atoms with van der Waals surface area (Å²) in [6, 6.07) is 8.76. The van der Waals surface area contributed by atoms with Crippen molar-refractivity contribution in [1.29, 1.82) is 0 Å². The van der Waals surface area contributed by atoms with E-state index in [1.807, 2.05) is 0 Å². The van der Waals surface area contributed by atoms with Gasteiger partial charge in [-0.25, -0.2) is 0 Å². The van der Waals surface area contributed by atoms with E-state index in [1.165, 1.54) is 36.8 Å². The van der Waals surface area contributed by atoms with E-state index in [9.17, 15) is 0 Å². The highest BCUT2D eigenvalue weighted by atomic mass is 79.9. The molecule has 0 spiro atoms. The number of rotatable bonds is 3. The second-order valence-electron chi connectivity index (χ2n) is 5.22. The van der Waals surface area contributed by atoms with Crippen LogP contribution in [0, 0.1) is 18.8 Å². The predicted molar refractivity (Wildman–Crippen MR) is 74.1 cm³/mol. The van der Waals surface area contributed by atoms with Gasteiger partial charge in [0.15, 0.2) is 0 Å². The van der Waals surface area contributed by atoms with E-state index in [-0.39, 0.29) is 0 Å². The quantitative estimate of drug-likeness (QED) is 0.702. The van der Waals surface area contributed by atoms with Gasteiger partial charge in [-0.15, -0.1) is 0 Å². The zero-order valence-corrected chi connectivity index (χ0v) is 11.8. The van der Waals surface area contributed by atoms with E-state index in [1.54, 1.807) is 0 Å². The first-order chi connectivity index (χ1) is 7.68. The largest absolute Gasteiger partial charge is 0.0884 e. The Morgan fingerprint density at radius 1 is 1.31 bits per heavy atom. The molecule has 1 heteroatoms. The minimum absolute atomic E-state index is 0.658. The Kier molecular flexibility index (Phi) is 4.07. The van der Waals surface area contributed by atoms with Crippen LogP contribution >= 0.6 is 15.9 Å². The van der Waals surface area contributed by atoms with Gasteiger partial charge in [0.25, 0.3) is 0 Å². The van der Waals surface area contributed by atoms with Crippen LogP contribution in [0.25, 0.3) is 0 Å². The summed E-state index contributed by atoms with van der Waals surface area (Å²) in [5.74, 6) is 1.77. The molecule has 0 bridgehead atoms. The topological polar surface area (TPSA) is 0 Å². The molecule has 0 saturated heterocycles. The van der Waals surface area contributed by atoms with Crippen molar-refractivity contribution >= 4 is 15.9 Å². The number of alkyl halides is 1. The molecule has 0 heterocycles. The van der Waals surface area contributed by atoms with Crippen molar-refractivity contribution in [2.75, 3.05) is 0 Å². The fourth-order valence-corrected chi connectivity index (χ4v) is 4.05. The number of benzene rings is 1. The number of halogens is 1. The third kappa shape index (κ3) is 2.68. The predicted octanol–water partition coefficient (Wildman–Crippen LogP) is 4.74. The summed E-state index contributed by atoms with van der Waals surface area (Å²) in [5.41, 5.74) is 2.93. The van der Waals surface area contributed by atoms with Crippen molar-refractivity contribution in [2.45, 2.75) is 44.4 Å². The Morgan fingerprint density at radius 3 is 2.69 bits per heavy atom. The Bertz CT molecular complexity index is 345. The summed E-state index contributed by atoms with van der Waals surface area (Å²) in [4.78, 5) is 0.658. The van der Waals surface area contributed by atoms with Crippen molar-refractivity contribution < 1.29 is 0 Å². The maximum atomic E-state index is 3.92. The Balaban J connectivity index is 2.02. The third-order valence-electron chi connectivity index (χ3n) is 4.07. The minimum Gasteiger partial charge on any atom is -0.0884 e. The average Bonchev–Trinajstić information content (AvgIpc) is 2.68. The monoisotopic (exact) mass is 280 g/mol. The molecule has 1 saturated carbocycles. The molecule has 3 atom stereocenters. The Morgan fingerprint density at radius 2 is 2.06 bits per heavy atom. The average molecular weight is 281 g/mol. The lowest BCUT2D eigenvalue weighted by atomic mass is 9.90. The van der Waals surface area contributed by atoms with Crippen LogP contribution in [0.4, 0.5) is 0 Å². The molecule has 0 N–H and O–H groups in total. The van der Waals surface area contributed by atoms with Crippen LogP contribution in [0.5, 0.6) is 0 Å². The van der Waals surface area contributed by atoms with Crippen molar-refractivity contribution in [3.8, 4) is 0 Å². The second kappa shape index (κ2) is 5.35. The number of hydrogen-bond donors (Lipinski definition) is 0. The normalized spacial score (nSPS) is 26.9. The Labute approximate surface area is 108 Å². The molecule has 1 aromatic carbocycles. The van der Waals surface area contributed by atoms with E-state index >= 15 is 0 Å². The van der Waals surface area contributed by atoms with Crippen molar-refractivity contribution in [3.63, 3.8) is 0 Å². The van der Waals surface area contributed by atoms with Crippen LogP contribution in [0.1, 0.15) is 37.3 Å². The van der Waals surface area contributed by atoms with Crippen LogP contribution in [0.3, 0.4) is 0 Å². The molecule has 2 rings (SSSR count).